The van der Waals surface area contributed by atoms with Gasteiger partial charge in [-0.15, -0.1) is 0 Å². The minimum Gasteiger partial charge on any atom is -0.465 e. The summed E-state index contributed by atoms with van der Waals surface area (Å²) < 4.78 is 5.17. The van der Waals surface area contributed by atoms with E-state index in [0.717, 1.165) is 19.0 Å². The predicted octanol–water partition coefficient (Wildman–Crippen LogP) is 2.57. The summed E-state index contributed by atoms with van der Waals surface area (Å²) in [7, 11) is 0. The molecule has 0 aliphatic heterocycles. The molecular formula is C16H32N2O2. The van der Waals surface area contributed by atoms with Crippen molar-refractivity contribution in [3.05, 3.63) is 0 Å². The number of esters is 1. The van der Waals surface area contributed by atoms with E-state index in [0.29, 0.717) is 12.6 Å². The molecule has 1 unspecified atom stereocenters. The average molecular weight is 284 g/mol. The van der Waals surface area contributed by atoms with E-state index in [1.54, 1.807) is 0 Å². The third kappa shape index (κ3) is 6.71. The number of rotatable bonds is 11. The second-order valence-electron chi connectivity index (χ2n) is 6.04. The molecule has 0 aromatic rings. The number of hydrogen-bond acceptors (Lipinski definition) is 4. The monoisotopic (exact) mass is 284 g/mol. The van der Waals surface area contributed by atoms with E-state index in [1.807, 2.05) is 6.92 Å². The Hall–Kier alpha value is -0.610. The van der Waals surface area contributed by atoms with E-state index >= 15 is 0 Å². The Morgan fingerprint density at radius 3 is 2.50 bits per heavy atom. The van der Waals surface area contributed by atoms with Crippen LogP contribution in [-0.2, 0) is 9.53 Å². The van der Waals surface area contributed by atoms with Gasteiger partial charge in [0.25, 0.3) is 0 Å². The number of carbonyl (C=O) groups excluding carboxylic acids is 1. The topological polar surface area (TPSA) is 41.6 Å². The van der Waals surface area contributed by atoms with E-state index in [-0.39, 0.29) is 12.0 Å². The molecule has 1 aliphatic rings. The lowest BCUT2D eigenvalue weighted by Crippen LogP contribution is -2.44. The van der Waals surface area contributed by atoms with Gasteiger partial charge in [-0.05, 0) is 39.2 Å². The Balaban J connectivity index is 2.43. The van der Waals surface area contributed by atoms with Crippen LogP contribution in [0.1, 0.15) is 59.8 Å². The van der Waals surface area contributed by atoms with E-state index in [4.69, 9.17) is 4.74 Å². The molecule has 1 aliphatic carbocycles. The summed E-state index contributed by atoms with van der Waals surface area (Å²) in [6.07, 6.45) is 5.97. The van der Waals surface area contributed by atoms with Crippen LogP contribution in [0.4, 0.5) is 0 Å². The zero-order valence-corrected chi connectivity index (χ0v) is 13.7. The van der Waals surface area contributed by atoms with Gasteiger partial charge < -0.3 is 15.0 Å². The molecule has 0 amide bonds. The third-order valence-electron chi connectivity index (χ3n) is 3.67. The van der Waals surface area contributed by atoms with Crippen LogP contribution in [0.3, 0.4) is 0 Å². The number of unbranched alkanes of at least 4 members (excludes halogenated alkanes) is 1. The molecule has 0 saturated heterocycles. The maximum atomic E-state index is 12.0. The van der Waals surface area contributed by atoms with Gasteiger partial charge in [0.1, 0.15) is 6.04 Å². The highest BCUT2D eigenvalue weighted by atomic mass is 16.5. The van der Waals surface area contributed by atoms with Crippen molar-refractivity contribution >= 4 is 5.97 Å². The Morgan fingerprint density at radius 2 is 2.00 bits per heavy atom. The van der Waals surface area contributed by atoms with Crippen molar-refractivity contribution in [2.75, 3.05) is 19.7 Å². The van der Waals surface area contributed by atoms with Gasteiger partial charge in [-0.1, -0.05) is 27.2 Å². The fourth-order valence-corrected chi connectivity index (χ4v) is 2.49. The molecule has 4 heteroatoms. The zero-order valence-electron chi connectivity index (χ0n) is 13.7. The quantitative estimate of drug-likeness (QED) is 0.592. The first kappa shape index (κ1) is 17.4. The van der Waals surface area contributed by atoms with Gasteiger partial charge in [0.15, 0.2) is 0 Å². The summed E-state index contributed by atoms with van der Waals surface area (Å²) in [6, 6.07) is 0.899. The molecule has 20 heavy (non-hydrogen) atoms. The van der Waals surface area contributed by atoms with Crippen LogP contribution < -0.4 is 5.32 Å². The highest BCUT2D eigenvalue weighted by molar-refractivity contribution is 5.75. The van der Waals surface area contributed by atoms with Crippen LogP contribution in [0.2, 0.25) is 0 Å². The molecule has 0 bridgehead atoms. The van der Waals surface area contributed by atoms with Crippen LogP contribution in [0, 0.1) is 0 Å². The maximum Gasteiger partial charge on any atom is 0.323 e. The number of nitrogens with zero attached hydrogens (tertiary/aromatic N) is 1. The molecular weight excluding hydrogens is 252 g/mol. The van der Waals surface area contributed by atoms with E-state index in [9.17, 15) is 4.79 Å². The molecule has 0 spiro atoms. The standard InChI is InChI=1S/C16H32N2O2/c1-5-7-11-18(14-8-9-14)12-10-15(17-13(3)4)16(19)20-6-2/h13-15,17H,5-12H2,1-4H3. The van der Waals surface area contributed by atoms with Gasteiger partial charge in [0.2, 0.25) is 0 Å². The van der Waals surface area contributed by atoms with Crippen LogP contribution in [0.15, 0.2) is 0 Å². The number of ether oxygens (including phenoxy) is 1. The lowest BCUT2D eigenvalue weighted by atomic mass is 10.1. The Labute approximate surface area is 124 Å². The second kappa shape index (κ2) is 9.35. The van der Waals surface area contributed by atoms with Gasteiger partial charge in [-0.2, -0.15) is 0 Å². The number of nitrogens with one attached hydrogen (secondary N) is 1. The van der Waals surface area contributed by atoms with E-state index in [1.165, 1.54) is 32.2 Å². The van der Waals surface area contributed by atoms with Gasteiger partial charge >= 0.3 is 5.97 Å². The Morgan fingerprint density at radius 1 is 1.30 bits per heavy atom. The third-order valence-corrected chi connectivity index (χ3v) is 3.67. The zero-order chi connectivity index (χ0) is 15.0. The van der Waals surface area contributed by atoms with Crippen LogP contribution in [0.5, 0.6) is 0 Å². The van der Waals surface area contributed by atoms with Gasteiger partial charge in [-0.3, -0.25) is 4.79 Å². The van der Waals surface area contributed by atoms with Crippen molar-refractivity contribution in [3.8, 4) is 0 Å². The molecule has 1 N–H and O–H groups in total. The molecule has 0 radical (unpaired) electrons. The van der Waals surface area contributed by atoms with Crippen molar-refractivity contribution in [3.63, 3.8) is 0 Å². The summed E-state index contributed by atoms with van der Waals surface area (Å²) in [5.74, 6) is -0.104. The molecule has 4 nitrogen and oxygen atoms in total. The number of hydrogen-bond donors (Lipinski definition) is 1. The summed E-state index contributed by atoms with van der Waals surface area (Å²) >= 11 is 0. The van der Waals surface area contributed by atoms with Crippen molar-refractivity contribution in [1.29, 1.82) is 0 Å². The van der Waals surface area contributed by atoms with Crippen LogP contribution in [0.25, 0.3) is 0 Å². The maximum absolute atomic E-state index is 12.0. The first-order valence-electron chi connectivity index (χ1n) is 8.25. The molecule has 0 heterocycles. The molecule has 1 atom stereocenters. The molecule has 118 valence electrons. The van der Waals surface area contributed by atoms with Crippen LogP contribution in [-0.4, -0.2) is 48.7 Å². The molecule has 0 aromatic carbocycles. The minimum absolute atomic E-state index is 0.104. The van der Waals surface area contributed by atoms with Crippen molar-refractivity contribution in [2.45, 2.75) is 77.9 Å². The second-order valence-corrected chi connectivity index (χ2v) is 6.04. The van der Waals surface area contributed by atoms with Gasteiger partial charge in [0.05, 0.1) is 6.61 Å². The average Bonchev–Trinajstić information content (AvgIpc) is 3.21. The Kier molecular flexibility index (Phi) is 8.15. The van der Waals surface area contributed by atoms with Crippen molar-refractivity contribution in [2.24, 2.45) is 0 Å². The lowest BCUT2D eigenvalue weighted by Gasteiger charge is -2.25. The summed E-state index contributed by atoms with van der Waals surface area (Å²) in [6.45, 7) is 10.8. The van der Waals surface area contributed by atoms with Crippen LogP contribution >= 0.6 is 0 Å². The van der Waals surface area contributed by atoms with Crippen molar-refractivity contribution in [1.82, 2.24) is 10.2 Å². The van der Waals surface area contributed by atoms with Gasteiger partial charge in [0, 0.05) is 18.6 Å². The van der Waals surface area contributed by atoms with E-state index in [2.05, 4.69) is 31.0 Å². The van der Waals surface area contributed by atoms with Crippen molar-refractivity contribution < 1.29 is 9.53 Å². The predicted molar refractivity (Wildman–Crippen MR) is 82.8 cm³/mol. The molecule has 0 aromatic heterocycles. The fraction of sp³-hybridized carbons (Fsp3) is 0.938. The SMILES string of the molecule is CCCCN(CCC(NC(C)C)C(=O)OCC)C1CC1. The first-order valence-corrected chi connectivity index (χ1v) is 8.25. The molecule has 1 rings (SSSR count). The normalized spacial score (nSPS) is 16.7. The highest BCUT2D eigenvalue weighted by Gasteiger charge is 2.30. The largest absolute Gasteiger partial charge is 0.465 e. The molecule has 1 fully saturated rings. The highest BCUT2D eigenvalue weighted by Crippen LogP contribution is 2.27. The summed E-state index contributed by atoms with van der Waals surface area (Å²) in [4.78, 5) is 14.5. The molecule has 1 saturated carbocycles. The fourth-order valence-electron chi connectivity index (χ4n) is 2.49. The van der Waals surface area contributed by atoms with E-state index < -0.39 is 0 Å². The lowest BCUT2D eigenvalue weighted by molar-refractivity contribution is -0.146. The smallest absolute Gasteiger partial charge is 0.323 e. The van der Waals surface area contributed by atoms with Gasteiger partial charge in [-0.25, -0.2) is 0 Å². The minimum atomic E-state index is -0.169. The first-order chi connectivity index (χ1) is 9.58. The summed E-state index contributed by atoms with van der Waals surface area (Å²) in [5, 5.41) is 3.33. The number of carbonyl (C=O) groups is 1. The Bertz CT molecular complexity index is 278. The summed E-state index contributed by atoms with van der Waals surface area (Å²) in [5.41, 5.74) is 0.